The lowest BCUT2D eigenvalue weighted by Crippen LogP contribution is -2.36. The summed E-state index contributed by atoms with van der Waals surface area (Å²) in [6, 6.07) is 16.2. The van der Waals surface area contributed by atoms with E-state index in [4.69, 9.17) is 9.97 Å². The van der Waals surface area contributed by atoms with Gasteiger partial charge in [0.1, 0.15) is 0 Å². The number of fused-ring (bicyclic) bond motifs is 3. The highest BCUT2D eigenvalue weighted by Gasteiger charge is 2.28. The summed E-state index contributed by atoms with van der Waals surface area (Å²) in [6.07, 6.45) is 3.93. The number of anilines is 1. The molecule has 6 heteroatoms. The minimum absolute atomic E-state index is 0.156. The van der Waals surface area contributed by atoms with Gasteiger partial charge in [0.05, 0.1) is 22.1 Å². The number of carbonyl (C=O) groups excluding carboxylic acids is 1. The molecular weight excluding hydrogens is 386 g/mol. The Kier molecular flexibility index (Phi) is 4.37. The quantitative estimate of drug-likeness (QED) is 0.542. The summed E-state index contributed by atoms with van der Waals surface area (Å²) in [6.45, 7) is 3.12. The Morgan fingerprint density at radius 1 is 0.839 bits per heavy atom. The van der Waals surface area contributed by atoms with Crippen LogP contribution in [0.25, 0.3) is 21.9 Å². The van der Waals surface area contributed by atoms with Crippen LogP contribution in [-0.2, 0) is 12.8 Å². The number of benzene rings is 2. The normalized spacial score (nSPS) is 16.6. The predicted octanol–water partition coefficient (Wildman–Crippen LogP) is 3.95. The molecule has 1 saturated heterocycles. The van der Waals surface area contributed by atoms with Crippen molar-refractivity contribution in [2.75, 3.05) is 31.1 Å². The van der Waals surface area contributed by atoms with Gasteiger partial charge < -0.3 is 14.8 Å². The molecule has 0 radical (unpaired) electrons. The van der Waals surface area contributed by atoms with Gasteiger partial charge in [0.25, 0.3) is 5.91 Å². The predicted molar refractivity (Wildman–Crippen MR) is 123 cm³/mol. The molecule has 4 aromatic rings. The van der Waals surface area contributed by atoms with Gasteiger partial charge in [-0.1, -0.05) is 30.3 Å². The number of imidazole rings is 1. The molecule has 156 valence electrons. The molecule has 2 aliphatic rings. The summed E-state index contributed by atoms with van der Waals surface area (Å²) in [5.41, 5.74) is 6.13. The highest BCUT2D eigenvalue weighted by atomic mass is 16.2. The highest BCUT2D eigenvalue weighted by molar-refractivity contribution is 6.07. The first-order valence-corrected chi connectivity index (χ1v) is 11.2. The molecule has 31 heavy (non-hydrogen) atoms. The Bertz CT molecular complexity index is 1260. The first kappa shape index (κ1) is 18.4. The van der Waals surface area contributed by atoms with Crippen molar-refractivity contribution < 1.29 is 4.79 Å². The molecule has 6 nitrogen and oxygen atoms in total. The maximum atomic E-state index is 13.8. The number of carbonyl (C=O) groups is 1. The third kappa shape index (κ3) is 3.14. The van der Waals surface area contributed by atoms with Crippen molar-refractivity contribution in [3.63, 3.8) is 0 Å². The second kappa shape index (κ2) is 7.38. The first-order valence-electron chi connectivity index (χ1n) is 11.2. The number of amides is 1. The zero-order chi connectivity index (χ0) is 20.8. The molecular formula is C25H25N5O. The van der Waals surface area contributed by atoms with Crippen molar-refractivity contribution in [3.05, 3.63) is 65.4 Å². The monoisotopic (exact) mass is 411 g/mol. The number of H-pyrrole nitrogens is 1. The Morgan fingerprint density at radius 2 is 1.68 bits per heavy atom. The van der Waals surface area contributed by atoms with Crippen LogP contribution in [0.5, 0.6) is 0 Å². The number of hydrogen-bond donors (Lipinski definition) is 1. The minimum Gasteiger partial charge on any atom is -0.341 e. The number of pyridine rings is 1. The van der Waals surface area contributed by atoms with E-state index in [9.17, 15) is 4.79 Å². The van der Waals surface area contributed by atoms with E-state index in [1.54, 1.807) is 0 Å². The molecule has 2 aromatic heterocycles. The van der Waals surface area contributed by atoms with Crippen LogP contribution in [0, 0.1) is 0 Å². The van der Waals surface area contributed by atoms with Gasteiger partial charge in [-0.15, -0.1) is 0 Å². The van der Waals surface area contributed by atoms with Crippen LogP contribution in [0.2, 0.25) is 0 Å². The summed E-state index contributed by atoms with van der Waals surface area (Å²) in [5, 5.41) is 0.992. The molecule has 6 rings (SSSR count). The van der Waals surface area contributed by atoms with Gasteiger partial charge >= 0.3 is 0 Å². The minimum atomic E-state index is 0.156. The van der Waals surface area contributed by atoms with Gasteiger partial charge in [-0.25, -0.2) is 4.98 Å². The van der Waals surface area contributed by atoms with Gasteiger partial charge in [0.2, 0.25) is 5.95 Å². The number of hydrogen-bond acceptors (Lipinski definition) is 4. The number of aryl methyl sites for hydroxylation is 1. The van der Waals surface area contributed by atoms with Crippen LogP contribution in [0.4, 0.5) is 5.95 Å². The fourth-order valence-electron chi connectivity index (χ4n) is 5.03. The Hall–Kier alpha value is -3.41. The summed E-state index contributed by atoms with van der Waals surface area (Å²) < 4.78 is 0. The highest BCUT2D eigenvalue weighted by Crippen LogP contribution is 2.31. The van der Waals surface area contributed by atoms with Crippen molar-refractivity contribution in [1.29, 1.82) is 0 Å². The summed E-state index contributed by atoms with van der Waals surface area (Å²) in [4.78, 5) is 31.1. The van der Waals surface area contributed by atoms with Gasteiger partial charge in [0.15, 0.2) is 0 Å². The van der Waals surface area contributed by atoms with E-state index in [1.165, 1.54) is 5.56 Å². The van der Waals surface area contributed by atoms with Gasteiger partial charge in [-0.2, -0.15) is 0 Å². The lowest BCUT2D eigenvalue weighted by molar-refractivity contribution is 0.0768. The third-order valence-corrected chi connectivity index (χ3v) is 6.59. The molecule has 3 heterocycles. The zero-order valence-corrected chi connectivity index (χ0v) is 17.5. The SMILES string of the molecule is O=C(c1c2c(nc3ccccc13)CCC2)N1CCCN(c2nc3ccccc3[nH]2)CC1. The molecule has 1 aliphatic heterocycles. The van der Waals surface area contributed by atoms with Crippen molar-refractivity contribution in [2.45, 2.75) is 25.7 Å². The molecule has 0 bridgehead atoms. The number of aromatic amines is 1. The lowest BCUT2D eigenvalue weighted by atomic mass is 10.00. The van der Waals surface area contributed by atoms with E-state index in [-0.39, 0.29) is 5.91 Å². The van der Waals surface area contributed by atoms with Crippen LogP contribution < -0.4 is 4.90 Å². The van der Waals surface area contributed by atoms with Crippen molar-refractivity contribution >= 4 is 33.8 Å². The van der Waals surface area contributed by atoms with Gasteiger partial charge in [-0.3, -0.25) is 9.78 Å². The van der Waals surface area contributed by atoms with E-state index < -0.39 is 0 Å². The Balaban J connectivity index is 1.29. The number of rotatable bonds is 2. The lowest BCUT2D eigenvalue weighted by Gasteiger charge is -2.23. The molecule has 2 aromatic carbocycles. The largest absolute Gasteiger partial charge is 0.341 e. The zero-order valence-electron chi connectivity index (χ0n) is 17.5. The fraction of sp³-hybridized carbons (Fsp3) is 0.320. The smallest absolute Gasteiger partial charge is 0.254 e. The van der Waals surface area contributed by atoms with E-state index in [1.807, 2.05) is 47.4 Å². The van der Waals surface area contributed by atoms with Gasteiger partial charge in [0, 0.05) is 37.3 Å². The second-order valence-electron chi connectivity index (χ2n) is 8.49. The summed E-state index contributed by atoms with van der Waals surface area (Å²) in [7, 11) is 0. The summed E-state index contributed by atoms with van der Waals surface area (Å²) >= 11 is 0. The first-order chi connectivity index (χ1) is 15.3. The fourth-order valence-corrected chi connectivity index (χ4v) is 5.03. The third-order valence-electron chi connectivity index (χ3n) is 6.59. The number of nitrogens with one attached hydrogen (secondary N) is 1. The molecule has 1 aliphatic carbocycles. The van der Waals surface area contributed by atoms with E-state index in [0.717, 1.165) is 84.5 Å². The van der Waals surface area contributed by atoms with Crippen LogP contribution >= 0.6 is 0 Å². The second-order valence-corrected chi connectivity index (χ2v) is 8.49. The number of para-hydroxylation sites is 3. The standard InChI is InChI=1S/C25H25N5O/c31-24(23-17-7-1-2-9-19(17)26-20-12-5-8-18(20)23)29-13-6-14-30(16-15-29)25-27-21-10-3-4-11-22(21)28-25/h1-4,7,9-11H,5-6,8,12-16H2,(H,27,28). The molecule has 1 amide bonds. The Labute approximate surface area is 180 Å². The maximum absolute atomic E-state index is 13.8. The number of nitrogens with zero attached hydrogens (tertiary/aromatic N) is 4. The average molecular weight is 412 g/mol. The van der Waals surface area contributed by atoms with Crippen molar-refractivity contribution in [1.82, 2.24) is 19.9 Å². The van der Waals surface area contributed by atoms with Crippen LogP contribution in [0.15, 0.2) is 48.5 Å². The van der Waals surface area contributed by atoms with Crippen molar-refractivity contribution in [3.8, 4) is 0 Å². The molecule has 0 spiro atoms. The molecule has 0 atom stereocenters. The molecule has 1 N–H and O–H groups in total. The Morgan fingerprint density at radius 3 is 2.58 bits per heavy atom. The molecule has 0 saturated carbocycles. The van der Waals surface area contributed by atoms with Crippen LogP contribution in [0.1, 0.15) is 34.5 Å². The van der Waals surface area contributed by atoms with Gasteiger partial charge in [-0.05, 0) is 49.4 Å². The topological polar surface area (TPSA) is 65.1 Å². The van der Waals surface area contributed by atoms with E-state index in [2.05, 4.69) is 16.0 Å². The van der Waals surface area contributed by atoms with Crippen LogP contribution in [0.3, 0.4) is 0 Å². The summed E-state index contributed by atoms with van der Waals surface area (Å²) in [5.74, 6) is 1.05. The van der Waals surface area contributed by atoms with E-state index >= 15 is 0 Å². The van der Waals surface area contributed by atoms with Crippen LogP contribution in [-0.4, -0.2) is 51.9 Å². The average Bonchev–Trinajstić information content (AvgIpc) is 3.37. The van der Waals surface area contributed by atoms with E-state index in [0.29, 0.717) is 6.54 Å². The molecule has 0 unspecified atom stereocenters. The maximum Gasteiger partial charge on any atom is 0.254 e. The number of aromatic nitrogens is 3. The van der Waals surface area contributed by atoms with Crippen molar-refractivity contribution in [2.24, 2.45) is 0 Å². The molecule has 1 fully saturated rings.